The van der Waals surface area contributed by atoms with E-state index in [4.69, 9.17) is 9.47 Å². The van der Waals surface area contributed by atoms with Gasteiger partial charge in [-0.3, -0.25) is 9.47 Å². The van der Waals surface area contributed by atoms with Crippen molar-refractivity contribution in [2.75, 3.05) is 7.05 Å². The minimum atomic E-state index is -1.19. The van der Waals surface area contributed by atoms with Crippen LogP contribution in [-0.4, -0.2) is 51.4 Å². The van der Waals surface area contributed by atoms with Crippen LogP contribution in [0.1, 0.15) is 31.9 Å². The van der Waals surface area contributed by atoms with Gasteiger partial charge in [0.05, 0.1) is 5.52 Å². The molecule has 1 atom stereocenters. The first-order valence-corrected chi connectivity index (χ1v) is 10.6. The number of carbonyl (C=O) groups is 3. The molecule has 0 spiro atoms. The zero-order valence-corrected chi connectivity index (χ0v) is 19.1. The lowest BCUT2D eigenvalue weighted by Crippen LogP contribution is -2.44. The molecule has 3 rings (SSSR count). The fourth-order valence-corrected chi connectivity index (χ4v) is 3.42. The topological polar surface area (TPSA) is 98.1 Å². The second kappa shape index (κ2) is 9.77. The van der Waals surface area contributed by atoms with Crippen LogP contribution in [0.4, 0.5) is 9.59 Å². The lowest BCUT2D eigenvalue weighted by atomic mass is 10.0. The van der Waals surface area contributed by atoms with Crippen molar-refractivity contribution < 1.29 is 29.0 Å². The Labute approximate surface area is 192 Å². The summed E-state index contributed by atoms with van der Waals surface area (Å²) >= 11 is 0. The van der Waals surface area contributed by atoms with Gasteiger partial charge >= 0.3 is 18.2 Å². The van der Waals surface area contributed by atoms with Crippen LogP contribution >= 0.6 is 0 Å². The molecule has 0 fully saturated rings. The van der Waals surface area contributed by atoms with Crippen LogP contribution in [0.3, 0.4) is 0 Å². The first kappa shape index (κ1) is 23.8. The molecule has 33 heavy (non-hydrogen) atoms. The summed E-state index contributed by atoms with van der Waals surface area (Å²) < 4.78 is 12.1. The molecular weight excluding hydrogens is 424 g/mol. The predicted molar refractivity (Wildman–Crippen MR) is 123 cm³/mol. The molecule has 3 aromatic rings. The second-order valence-electron chi connectivity index (χ2n) is 8.73. The Morgan fingerprint density at radius 1 is 1.03 bits per heavy atom. The van der Waals surface area contributed by atoms with Crippen molar-refractivity contribution in [3.63, 3.8) is 0 Å². The maximum Gasteiger partial charge on any atom is 0.419 e. The maximum absolute atomic E-state index is 12.7. The number of aromatic nitrogens is 1. The summed E-state index contributed by atoms with van der Waals surface area (Å²) in [5, 5.41) is 10.5. The van der Waals surface area contributed by atoms with Gasteiger partial charge in [0.25, 0.3) is 0 Å². The highest BCUT2D eigenvalue weighted by atomic mass is 16.6. The number of likely N-dealkylation sites (N-methyl/N-ethyl adjacent to an activating group) is 1. The molecule has 1 heterocycles. The van der Waals surface area contributed by atoms with E-state index in [-0.39, 0.29) is 13.0 Å². The van der Waals surface area contributed by atoms with Crippen LogP contribution in [0.2, 0.25) is 0 Å². The third-order valence-corrected chi connectivity index (χ3v) is 5.04. The fourth-order valence-electron chi connectivity index (χ4n) is 3.42. The minimum absolute atomic E-state index is 0.0113. The van der Waals surface area contributed by atoms with Crippen molar-refractivity contribution in [3.05, 3.63) is 71.9 Å². The van der Waals surface area contributed by atoms with Crippen molar-refractivity contribution in [2.24, 2.45) is 0 Å². The maximum atomic E-state index is 12.7. The predicted octanol–water partition coefficient (Wildman–Crippen LogP) is 4.69. The van der Waals surface area contributed by atoms with E-state index >= 15 is 0 Å². The molecule has 1 N–H and O–H groups in total. The second-order valence-corrected chi connectivity index (χ2v) is 8.73. The van der Waals surface area contributed by atoms with Gasteiger partial charge in [0, 0.05) is 25.1 Å². The zero-order chi connectivity index (χ0) is 24.2. The van der Waals surface area contributed by atoms with E-state index in [2.05, 4.69) is 0 Å². The van der Waals surface area contributed by atoms with E-state index in [1.54, 1.807) is 51.2 Å². The summed E-state index contributed by atoms with van der Waals surface area (Å²) in [4.78, 5) is 38.4. The van der Waals surface area contributed by atoms with Gasteiger partial charge in [0.1, 0.15) is 18.2 Å². The summed E-state index contributed by atoms with van der Waals surface area (Å²) in [5.74, 6) is -1.18. The molecule has 174 valence electrons. The fraction of sp³-hybridized carbons (Fsp3) is 0.320. The molecule has 0 aliphatic heterocycles. The van der Waals surface area contributed by atoms with Crippen molar-refractivity contribution in [1.29, 1.82) is 0 Å². The van der Waals surface area contributed by atoms with Gasteiger partial charge in [0.15, 0.2) is 0 Å². The summed E-state index contributed by atoms with van der Waals surface area (Å²) in [6.45, 7) is 5.35. The molecule has 8 nitrogen and oxygen atoms in total. The Bertz CT molecular complexity index is 1150. The number of carboxylic acids is 1. The molecule has 8 heteroatoms. The lowest BCUT2D eigenvalue weighted by molar-refractivity contribution is -0.142. The number of amides is 1. The van der Waals surface area contributed by atoms with Crippen molar-refractivity contribution in [3.8, 4) is 0 Å². The summed E-state index contributed by atoms with van der Waals surface area (Å²) in [7, 11) is 1.39. The van der Waals surface area contributed by atoms with E-state index in [1.807, 2.05) is 30.3 Å². The minimum Gasteiger partial charge on any atom is -0.480 e. The number of ether oxygens (including phenoxy) is 2. The first-order chi connectivity index (χ1) is 15.6. The average Bonchev–Trinajstić information content (AvgIpc) is 3.13. The van der Waals surface area contributed by atoms with Crippen LogP contribution < -0.4 is 0 Å². The molecule has 1 aromatic heterocycles. The first-order valence-electron chi connectivity index (χ1n) is 10.6. The highest BCUT2D eigenvalue weighted by molar-refractivity contribution is 5.92. The Hall–Kier alpha value is -3.81. The lowest BCUT2D eigenvalue weighted by Gasteiger charge is -2.24. The largest absolute Gasteiger partial charge is 0.480 e. The van der Waals surface area contributed by atoms with E-state index in [9.17, 15) is 19.5 Å². The number of hydrogen-bond acceptors (Lipinski definition) is 5. The molecule has 1 unspecified atom stereocenters. The quantitative estimate of drug-likeness (QED) is 0.583. The Balaban J connectivity index is 1.83. The highest BCUT2D eigenvalue weighted by Gasteiger charge is 2.30. The summed E-state index contributed by atoms with van der Waals surface area (Å²) in [5.41, 5.74) is 1.31. The van der Waals surface area contributed by atoms with Crippen LogP contribution in [0.25, 0.3) is 10.9 Å². The van der Waals surface area contributed by atoms with Crippen LogP contribution in [0.5, 0.6) is 0 Å². The number of carboxylic acid groups (broad SMARTS) is 1. The number of fused-ring (bicyclic) bond motifs is 1. The summed E-state index contributed by atoms with van der Waals surface area (Å²) in [6.07, 6.45) is 0.245. The standard InChI is InChI=1S/C25H28N2O6/c1-25(2,3)33-24(31)27-15-18(19-12-8-9-13-20(19)27)14-21(22(28)29)26(4)23(30)32-16-17-10-6-5-7-11-17/h5-13,15,21H,14,16H2,1-4H3,(H,28,29). The van der Waals surface area contributed by atoms with Crippen molar-refractivity contribution >= 4 is 29.1 Å². The van der Waals surface area contributed by atoms with Crippen LogP contribution in [0, 0.1) is 0 Å². The number of carbonyl (C=O) groups excluding carboxylic acids is 2. The number of benzene rings is 2. The molecule has 0 radical (unpaired) electrons. The van der Waals surface area contributed by atoms with Gasteiger partial charge in [-0.2, -0.15) is 0 Å². The van der Waals surface area contributed by atoms with E-state index in [0.717, 1.165) is 10.5 Å². The van der Waals surface area contributed by atoms with Gasteiger partial charge in [-0.25, -0.2) is 14.4 Å². The smallest absolute Gasteiger partial charge is 0.419 e. The van der Waals surface area contributed by atoms with E-state index < -0.39 is 29.8 Å². The van der Waals surface area contributed by atoms with Gasteiger partial charge < -0.3 is 14.6 Å². The molecule has 0 bridgehead atoms. The Morgan fingerprint density at radius 2 is 1.67 bits per heavy atom. The number of rotatable bonds is 6. The number of nitrogens with zero attached hydrogens (tertiary/aromatic N) is 2. The molecule has 0 saturated carbocycles. The van der Waals surface area contributed by atoms with Gasteiger partial charge in [-0.05, 0) is 38.0 Å². The molecule has 0 aliphatic rings. The van der Waals surface area contributed by atoms with Gasteiger partial charge in [0.2, 0.25) is 0 Å². The average molecular weight is 453 g/mol. The van der Waals surface area contributed by atoms with E-state index in [0.29, 0.717) is 16.5 Å². The highest BCUT2D eigenvalue weighted by Crippen LogP contribution is 2.25. The SMILES string of the molecule is CN(C(=O)OCc1ccccc1)C(Cc1cn(C(=O)OC(C)(C)C)c2ccccc12)C(=O)O. The third-order valence-electron chi connectivity index (χ3n) is 5.04. The zero-order valence-electron chi connectivity index (χ0n) is 19.1. The Kier molecular flexibility index (Phi) is 7.06. The van der Waals surface area contributed by atoms with Crippen LogP contribution in [-0.2, 0) is 27.3 Å². The molecule has 0 aliphatic carbocycles. The van der Waals surface area contributed by atoms with Crippen molar-refractivity contribution in [1.82, 2.24) is 9.47 Å². The molecule has 1 amide bonds. The third kappa shape index (κ3) is 5.91. The number of aliphatic carboxylic acids is 1. The molecule has 0 saturated heterocycles. The van der Waals surface area contributed by atoms with Crippen LogP contribution in [0.15, 0.2) is 60.8 Å². The van der Waals surface area contributed by atoms with Crippen molar-refractivity contribution in [2.45, 2.75) is 45.4 Å². The van der Waals surface area contributed by atoms with Gasteiger partial charge in [-0.1, -0.05) is 48.5 Å². The molecule has 2 aromatic carbocycles. The normalized spacial score (nSPS) is 12.2. The van der Waals surface area contributed by atoms with E-state index in [1.165, 1.54) is 11.6 Å². The van der Waals surface area contributed by atoms with Gasteiger partial charge in [-0.15, -0.1) is 0 Å². The number of para-hydroxylation sites is 1. The summed E-state index contributed by atoms with van der Waals surface area (Å²) in [6, 6.07) is 15.1. The molecular formula is C25H28N2O6. The Morgan fingerprint density at radius 3 is 2.30 bits per heavy atom. The monoisotopic (exact) mass is 452 g/mol. The number of hydrogen-bond donors (Lipinski definition) is 1.